The van der Waals surface area contributed by atoms with Crippen molar-refractivity contribution in [2.24, 2.45) is 7.05 Å². The Kier molecular flexibility index (Phi) is 2.49. The lowest BCUT2D eigenvalue weighted by Gasteiger charge is -2.05. The topological polar surface area (TPSA) is 43.9 Å². The molecule has 0 aliphatic carbocycles. The van der Waals surface area contributed by atoms with Gasteiger partial charge in [0.2, 0.25) is 0 Å². The molecule has 0 bridgehead atoms. The average molecular weight is 255 g/mol. The highest BCUT2D eigenvalue weighted by molar-refractivity contribution is 5.86. The van der Waals surface area contributed by atoms with Crippen LogP contribution in [0.3, 0.4) is 0 Å². The summed E-state index contributed by atoms with van der Waals surface area (Å²) in [5.74, 6) is 1.87. The first kappa shape index (κ1) is 12.0. The molecule has 0 amide bonds. The Balaban J connectivity index is 2.33. The maximum Gasteiger partial charge on any atom is 0.141 e. The predicted molar refractivity (Wildman–Crippen MR) is 75.2 cm³/mol. The van der Waals surface area contributed by atoms with Crippen LogP contribution in [0.25, 0.3) is 22.2 Å². The van der Waals surface area contributed by atoms with E-state index in [1.807, 2.05) is 27.8 Å². The molecule has 2 heterocycles. The Morgan fingerprint density at radius 3 is 2.47 bits per heavy atom. The molecule has 0 unspecified atom stereocenters. The molecule has 0 saturated heterocycles. The van der Waals surface area contributed by atoms with Gasteiger partial charge in [0, 0.05) is 12.6 Å². The second-order valence-corrected chi connectivity index (χ2v) is 5.08. The number of imidazole rings is 1. The first-order valence-electron chi connectivity index (χ1n) is 6.36. The van der Waals surface area contributed by atoms with E-state index in [-0.39, 0.29) is 0 Å². The van der Waals surface area contributed by atoms with Crippen molar-refractivity contribution in [2.45, 2.75) is 27.7 Å². The summed E-state index contributed by atoms with van der Waals surface area (Å²) in [7, 11) is 2.05. The van der Waals surface area contributed by atoms with Crippen molar-refractivity contribution in [1.29, 1.82) is 0 Å². The van der Waals surface area contributed by atoms with E-state index >= 15 is 0 Å². The quantitative estimate of drug-likeness (QED) is 0.668. The summed E-state index contributed by atoms with van der Waals surface area (Å²) >= 11 is 0. The predicted octanol–water partition coefficient (Wildman–Crippen LogP) is 3.46. The third kappa shape index (κ3) is 1.67. The fourth-order valence-electron chi connectivity index (χ4n) is 2.73. The van der Waals surface area contributed by atoms with E-state index in [0.717, 1.165) is 33.9 Å². The zero-order valence-corrected chi connectivity index (χ0v) is 11.9. The smallest absolute Gasteiger partial charge is 0.141 e. The summed E-state index contributed by atoms with van der Waals surface area (Å²) < 4.78 is 7.38. The fourth-order valence-corrected chi connectivity index (χ4v) is 2.73. The first-order chi connectivity index (χ1) is 8.99. The number of hydrogen-bond acceptors (Lipinski definition) is 3. The highest BCUT2D eigenvalue weighted by Gasteiger charge is 2.15. The van der Waals surface area contributed by atoms with Crippen molar-refractivity contribution in [2.75, 3.05) is 0 Å². The van der Waals surface area contributed by atoms with Gasteiger partial charge in [-0.2, -0.15) is 0 Å². The molecular formula is C15H17N3O. The zero-order chi connectivity index (χ0) is 13.7. The van der Waals surface area contributed by atoms with Gasteiger partial charge in [-0.25, -0.2) is 4.98 Å². The van der Waals surface area contributed by atoms with Gasteiger partial charge in [-0.1, -0.05) is 5.16 Å². The maximum absolute atomic E-state index is 5.25. The number of benzene rings is 1. The van der Waals surface area contributed by atoms with Crippen LogP contribution in [0.4, 0.5) is 0 Å². The van der Waals surface area contributed by atoms with Crippen LogP contribution in [0, 0.1) is 27.7 Å². The van der Waals surface area contributed by atoms with Gasteiger partial charge in [0.25, 0.3) is 0 Å². The van der Waals surface area contributed by atoms with Gasteiger partial charge in [-0.3, -0.25) is 0 Å². The molecule has 1 aromatic carbocycles. The van der Waals surface area contributed by atoms with E-state index in [1.54, 1.807) is 0 Å². The normalized spacial score (nSPS) is 11.4. The van der Waals surface area contributed by atoms with Gasteiger partial charge < -0.3 is 9.09 Å². The van der Waals surface area contributed by atoms with Crippen molar-refractivity contribution in [3.63, 3.8) is 0 Å². The van der Waals surface area contributed by atoms with Crippen LogP contribution in [0.1, 0.15) is 22.8 Å². The van der Waals surface area contributed by atoms with Crippen LogP contribution in [0.2, 0.25) is 0 Å². The monoisotopic (exact) mass is 255 g/mol. The Bertz CT molecular complexity index is 761. The Hall–Kier alpha value is -2.10. The standard InChI is InChI=1S/C15H17N3O/c1-8-6-12(14-9(2)17-19-10(14)3)7-13-15(8)18(5)11(4)16-13/h6-7H,1-5H3. The van der Waals surface area contributed by atoms with E-state index in [2.05, 4.69) is 33.8 Å². The minimum atomic E-state index is 0.851. The first-order valence-corrected chi connectivity index (χ1v) is 6.36. The summed E-state index contributed by atoms with van der Waals surface area (Å²) in [5.41, 5.74) is 6.55. The lowest BCUT2D eigenvalue weighted by atomic mass is 10.0. The minimum Gasteiger partial charge on any atom is -0.361 e. The van der Waals surface area contributed by atoms with E-state index in [0.29, 0.717) is 0 Å². The summed E-state index contributed by atoms with van der Waals surface area (Å²) in [6.45, 7) is 8.05. The van der Waals surface area contributed by atoms with Crippen molar-refractivity contribution < 1.29 is 4.52 Å². The molecule has 4 heteroatoms. The zero-order valence-electron chi connectivity index (χ0n) is 11.9. The molecule has 0 N–H and O–H groups in total. The van der Waals surface area contributed by atoms with E-state index in [9.17, 15) is 0 Å². The number of nitrogens with zero attached hydrogens (tertiary/aromatic N) is 3. The molecule has 3 aromatic rings. The SMILES string of the molecule is Cc1noc(C)c1-c1cc(C)c2c(c1)nc(C)n2C. The molecule has 0 fully saturated rings. The van der Waals surface area contributed by atoms with Gasteiger partial charge in [0.1, 0.15) is 11.6 Å². The molecule has 0 aliphatic rings. The lowest BCUT2D eigenvalue weighted by molar-refractivity contribution is 0.393. The van der Waals surface area contributed by atoms with E-state index in [1.165, 1.54) is 11.1 Å². The van der Waals surface area contributed by atoms with Crippen molar-refractivity contribution >= 4 is 11.0 Å². The van der Waals surface area contributed by atoms with Gasteiger partial charge in [-0.15, -0.1) is 0 Å². The third-order valence-electron chi connectivity index (χ3n) is 3.71. The highest BCUT2D eigenvalue weighted by atomic mass is 16.5. The Labute approximate surface area is 112 Å². The number of aryl methyl sites for hydroxylation is 5. The molecule has 0 spiro atoms. The van der Waals surface area contributed by atoms with Gasteiger partial charge in [-0.05, 0) is 51.0 Å². The summed E-state index contributed by atoms with van der Waals surface area (Å²) in [4.78, 5) is 4.62. The molecule has 0 atom stereocenters. The highest BCUT2D eigenvalue weighted by Crippen LogP contribution is 2.31. The molecule has 0 saturated carbocycles. The van der Waals surface area contributed by atoms with Crippen molar-refractivity contribution in [3.05, 3.63) is 35.0 Å². The lowest BCUT2D eigenvalue weighted by Crippen LogP contribution is -1.92. The van der Waals surface area contributed by atoms with Crippen LogP contribution in [-0.4, -0.2) is 14.7 Å². The van der Waals surface area contributed by atoms with Crippen LogP contribution in [0.15, 0.2) is 16.7 Å². The summed E-state index contributed by atoms with van der Waals surface area (Å²) in [5, 5.41) is 4.02. The van der Waals surface area contributed by atoms with Crippen LogP contribution < -0.4 is 0 Å². The van der Waals surface area contributed by atoms with Gasteiger partial charge >= 0.3 is 0 Å². The second kappa shape index (κ2) is 3.95. The average Bonchev–Trinajstić information content (AvgIpc) is 2.81. The molecule has 0 aliphatic heterocycles. The fraction of sp³-hybridized carbons (Fsp3) is 0.333. The van der Waals surface area contributed by atoms with E-state index in [4.69, 9.17) is 4.52 Å². The van der Waals surface area contributed by atoms with Crippen molar-refractivity contribution in [3.8, 4) is 11.1 Å². The second-order valence-electron chi connectivity index (χ2n) is 5.08. The van der Waals surface area contributed by atoms with Crippen LogP contribution in [-0.2, 0) is 7.05 Å². The number of hydrogen-bond donors (Lipinski definition) is 0. The Morgan fingerprint density at radius 1 is 1.11 bits per heavy atom. The summed E-state index contributed by atoms with van der Waals surface area (Å²) in [6.07, 6.45) is 0. The van der Waals surface area contributed by atoms with Crippen LogP contribution >= 0.6 is 0 Å². The third-order valence-corrected chi connectivity index (χ3v) is 3.71. The largest absolute Gasteiger partial charge is 0.361 e. The minimum absolute atomic E-state index is 0.851. The number of rotatable bonds is 1. The van der Waals surface area contributed by atoms with Crippen molar-refractivity contribution in [1.82, 2.24) is 14.7 Å². The molecule has 4 nitrogen and oxygen atoms in total. The van der Waals surface area contributed by atoms with Gasteiger partial charge in [0.15, 0.2) is 0 Å². The van der Waals surface area contributed by atoms with E-state index < -0.39 is 0 Å². The molecule has 98 valence electrons. The molecular weight excluding hydrogens is 238 g/mol. The summed E-state index contributed by atoms with van der Waals surface area (Å²) in [6, 6.07) is 4.29. The molecule has 19 heavy (non-hydrogen) atoms. The van der Waals surface area contributed by atoms with Crippen LogP contribution in [0.5, 0.6) is 0 Å². The molecule has 2 aromatic heterocycles. The Morgan fingerprint density at radius 2 is 1.84 bits per heavy atom. The molecule has 0 radical (unpaired) electrons. The van der Waals surface area contributed by atoms with Gasteiger partial charge in [0.05, 0.1) is 16.7 Å². The maximum atomic E-state index is 5.25. The molecule has 3 rings (SSSR count). The number of fused-ring (bicyclic) bond motifs is 1. The number of aromatic nitrogens is 3.